The van der Waals surface area contributed by atoms with Gasteiger partial charge in [-0.3, -0.25) is 0 Å². The molecule has 1 aromatic heterocycles. The van der Waals surface area contributed by atoms with E-state index in [9.17, 15) is 0 Å². The highest BCUT2D eigenvalue weighted by atomic mass is 35.5. The normalized spacial score (nSPS) is 18.7. The van der Waals surface area contributed by atoms with Crippen molar-refractivity contribution in [3.63, 3.8) is 0 Å². The largest absolute Gasteiger partial charge is 0.309 e. The second-order valence-electron chi connectivity index (χ2n) is 4.36. The van der Waals surface area contributed by atoms with Crippen molar-refractivity contribution in [2.75, 3.05) is 6.54 Å². The first kappa shape index (κ1) is 12.4. The molecule has 0 radical (unpaired) electrons. The first-order chi connectivity index (χ1) is 8.66. The average Bonchev–Trinajstić information content (AvgIpc) is 2.78. The Morgan fingerprint density at radius 1 is 1.39 bits per heavy atom. The van der Waals surface area contributed by atoms with E-state index in [1.54, 1.807) is 17.4 Å². The highest BCUT2D eigenvalue weighted by Gasteiger charge is 2.22. The van der Waals surface area contributed by atoms with Crippen LogP contribution in [0.25, 0.3) is 10.6 Å². The highest BCUT2D eigenvalue weighted by Crippen LogP contribution is 2.39. The molecule has 0 bridgehead atoms. The summed E-state index contributed by atoms with van der Waals surface area (Å²) >= 11 is 14.0. The van der Waals surface area contributed by atoms with E-state index < -0.39 is 0 Å². The van der Waals surface area contributed by atoms with Gasteiger partial charge in [0, 0.05) is 29.4 Å². The van der Waals surface area contributed by atoms with Crippen LogP contribution in [-0.2, 0) is 6.42 Å². The molecule has 1 aliphatic rings. The van der Waals surface area contributed by atoms with Crippen LogP contribution in [-0.4, -0.2) is 11.5 Å². The second kappa shape index (κ2) is 4.82. The van der Waals surface area contributed by atoms with E-state index in [1.165, 1.54) is 10.6 Å². The molecule has 0 saturated heterocycles. The lowest BCUT2D eigenvalue weighted by molar-refractivity contribution is 0.545. The van der Waals surface area contributed by atoms with Crippen molar-refractivity contribution < 1.29 is 0 Å². The van der Waals surface area contributed by atoms with Crippen molar-refractivity contribution in [1.29, 1.82) is 0 Å². The minimum atomic E-state index is 0.373. The fraction of sp³-hybridized carbons (Fsp3) is 0.308. The molecule has 2 heterocycles. The van der Waals surface area contributed by atoms with Crippen molar-refractivity contribution >= 4 is 34.5 Å². The third-order valence-corrected chi connectivity index (χ3v) is 5.25. The van der Waals surface area contributed by atoms with Gasteiger partial charge in [-0.2, -0.15) is 0 Å². The van der Waals surface area contributed by atoms with Gasteiger partial charge in [0.2, 0.25) is 0 Å². The molecule has 5 heteroatoms. The van der Waals surface area contributed by atoms with Crippen LogP contribution in [0.2, 0.25) is 10.0 Å². The Morgan fingerprint density at radius 2 is 2.22 bits per heavy atom. The van der Waals surface area contributed by atoms with Gasteiger partial charge in [-0.25, -0.2) is 4.98 Å². The van der Waals surface area contributed by atoms with Crippen LogP contribution in [0.5, 0.6) is 0 Å². The van der Waals surface area contributed by atoms with Crippen LogP contribution in [0, 0.1) is 0 Å². The smallest absolute Gasteiger partial charge is 0.125 e. The van der Waals surface area contributed by atoms with Crippen molar-refractivity contribution in [3.8, 4) is 10.6 Å². The van der Waals surface area contributed by atoms with E-state index in [0.717, 1.165) is 23.5 Å². The molecule has 2 nitrogen and oxygen atoms in total. The van der Waals surface area contributed by atoms with Crippen LogP contribution in [0.1, 0.15) is 23.5 Å². The Balaban J connectivity index is 2.10. The quantitative estimate of drug-likeness (QED) is 0.848. The maximum Gasteiger partial charge on any atom is 0.125 e. The average molecular weight is 299 g/mol. The van der Waals surface area contributed by atoms with Gasteiger partial charge in [0.15, 0.2) is 0 Å². The van der Waals surface area contributed by atoms with Gasteiger partial charge in [-0.1, -0.05) is 35.3 Å². The molecule has 0 fully saturated rings. The summed E-state index contributed by atoms with van der Waals surface area (Å²) in [7, 11) is 0. The number of rotatable bonds is 1. The number of nitrogens with zero attached hydrogens (tertiary/aromatic N) is 1. The van der Waals surface area contributed by atoms with Gasteiger partial charge in [0.25, 0.3) is 0 Å². The second-order valence-corrected chi connectivity index (χ2v) is 6.17. The predicted octanol–water partition coefficient (Wildman–Crippen LogP) is 4.32. The number of hydrogen-bond donors (Lipinski definition) is 1. The van der Waals surface area contributed by atoms with Crippen LogP contribution in [0.15, 0.2) is 18.2 Å². The van der Waals surface area contributed by atoms with Crippen LogP contribution in [0.3, 0.4) is 0 Å². The zero-order chi connectivity index (χ0) is 12.7. The molecule has 94 valence electrons. The lowest BCUT2D eigenvalue weighted by atomic mass is 10.1. The number of hydrogen-bond acceptors (Lipinski definition) is 3. The molecule has 1 aliphatic heterocycles. The zero-order valence-electron chi connectivity index (χ0n) is 9.84. The fourth-order valence-corrected chi connectivity index (χ4v) is 3.78. The standard InChI is InChI=1S/C13H12Cl2N2S/c1-7-12-10(5-6-16-7)17-13(18-12)8-3-2-4-9(14)11(8)15/h2-4,7,16H,5-6H2,1H3. The summed E-state index contributed by atoms with van der Waals surface area (Å²) in [5.41, 5.74) is 2.12. The Bertz CT molecular complexity index is 595. The van der Waals surface area contributed by atoms with E-state index in [0.29, 0.717) is 16.1 Å². The van der Waals surface area contributed by atoms with Gasteiger partial charge < -0.3 is 5.32 Å². The molecule has 1 atom stereocenters. The van der Waals surface area contributed by atoms with Gasteiger partial charge in [0.05, 0.1) is 15.7 Å². The number of halogens is 2. The summed E-state index contributed by atoms with van der Waals surface area (Å²) in [6.45, 7) is 3.15. The SMILES string of the molecule is CC1NCCc2nc(-c3cccc(Cl)c3Cl)sc21. The molecule has 18 heavy (non-hydrogen) atoms. The Kier molecular flexibility index (Phi) is 3.32. The Morgan fingerprint density at radius 3 is 3.00 bits per heavy atom. The predicted molar refractivity (Wildman–Crippen MR) is 77.7 cm³/mol. The molecule has 0 aliphatic carbocycles. The summed E-state index contributed by atoms with van der Waals surface area (Å²) in [5.74, 6) is 0. The van der Waals surface area contributed by atoms with Gasteiger partial charge in [-0.15, -0.1) is 11.3 Å². The Hall–Kier alpha value is -0.610. The monoisotopic (exact) mass is 298 g/mol. The molecule has 1 aromatic carbocycles. The minimum absolute atomic E-state index is 0.373. The van der Waals surface area contributed by atoms with Crippen molar-refractivity contribution in [2.45, 2.75) is 19.4 Å². The summed E-state index contributed by atoms with van der Waals surface area (Å²) in [4.78, 5) is 6.02. The summed E-state index contributed by atoms with van der Waals surface area (Å²) in [6, 6.07) is 6.05. The van der Waals surface area contributed by atoms with Gasteiger partial charge in [0.1, 0.15) is 5.01 Å². The molecular formula is C13H12Cl2N2S. The van der Waals surface area contributed by atoms with E-state index in [-0.39, 0.29) is 0 Å². The van der Waals surface area contributed by atoms with E-state index in [4.69, 9.17) is 28.2 Å². The van der Waals surface area contributed by atoms with Gasteiger partial charge in [-0.05, 0) is 13.0 Å². The van der Waals surface area contributed by atoms with E-state index in [1.807, 2.05) is 12.1 Å². The number of aromatic nitrogens is 1. The zero-order valence-corrected chi connectivity index (χ0v) is 12.2. The highest BCUT2D eigenvalue weighted by molar-refractivity contribution is 7.15. The van der Waals surface area contributed by atoms with Crippen LogP contribution < -0.4 is 5.32 Å². The van der Waals surface area contributed by atoms with Crippen molar-refractivity contribution in [2.24, 2.45) is 0 Å². The van der Waals surface area contributed by atoms with Gasteiger partial charge >= 0.3 is 0 Å². The summed E-state index contributed by atoms with van der Waals surface area (Å²) < 4.78 is 0. The molecule has 1 unspecified atom stereocenters. The van der Waals surface area contributed by atoms with Crippen LogP contribution >= 0.6 is 34.5 Å². The first-order valence-electron chi connectivity index (χ1n) is 5.84. The Labute approximate surface area is 120 Å². The third kappa shape index (κ3) is 2.05. The minimum Gasteiger partial charge on any atom is -0.309 e. The van der Waals surface area contributed by atoms with Crippen molar-refractivity contribution in [3.05, 3.63) is 38.8 Å². The van der Waals surface area contributed by atoms with Crippen LogP contribution in [0.4, 0.5) is 0 Å². The third-order valence-electron chi connectivity index (χ3n) is 3.12. The lowest BCUT2D eigenvalue weighted by Crippen LogP contribution is -2.26. The molecule has 1 N–H and O–H groups in total. The summed E-state index contributed by atoms with van der Waals surface area (Å²) in [5, 5.41) is 5.57. The molecule has 0 amide bonds. The number of nitrogens with one attached hydrogen (secondary N) is 1. The maximum absolute atomic E-state index is 6.25. The molecule has 3 rings (SSSR count). The maximum atomic E-state index is 6.25. The fourth-order valence-electron chi connectivity index (χ4n) is 2.16. The number of benzene rings is 1. The molecular weight excluding hydrogens is 287 g/mol. The summed E-state index contributed by atoms with van der Waals surface area (Å²) in [6.07, 6.45) is 0.981. The number of fused-ring (bicyclic) bond motifs is 1. The van der Waals surface area contributed by atoms with E-state index in [2.05, 4.69) is 12.2 Å². The molecule has 0 spiro atoms. The number of thiazole rings is 1. The van der Waals surface area contributed by atoms with E-state index >= 15 is 0 Å². The van der Waals surface area contributed by atoms with Crippen molar-refractivity contribution in [1.82, 2.24) is 10.3 Å². The molecule has 0 saturated carbocycles. The molecule has 2 aromatic rings. The first-order valence-corrected chi connectivity index (χ1v) is 7.41. The lowest BCUT2D eigenvalue weighted by Gasteiger charge is -2.18. The topological polar surface area (TPSA) is 24.9 Å².